The molecule has 1 aliphatic rings. The lowest BCUT2D eigenvalue weighted by molar-refractivity contribution is 0.646. The molecule has 94 valence electrons. The first kappa shape index (κ1) is 12.7. The number of nitrogens with two attached hydrogens (primary N) is 1. The molecular formula is C14H21ClN2. The first-order valence-corrected chi connectivity index (χ1v) is 6.76. The van der Waals surface area contributed by atoms with Crippen LogP contribution in [0.25, 0.3) is 0 Å². The van der Waals surface area contributed by atoms with Crippen molar-refractivity contribution in [1.29, 1.82) is 0 Å². The van der Waals surface area contributed by atoms with Crippen molar-refractivity contribution in [2.45, 2.75) is 44.7 Å². The fraction of sp³-hybridized carbons (Fsp3) is 0.571. The number of halogens is 1. The Morgan fingerprint density at radius 1 is 1.47 bits per heavy atom. The highest BCUT2D eigenvalue weighted by molar-refractivity contribution is 6.31. The van der Waals surface area contributed by atoms with Crippen LogP contribution in [-0.2, 0) is 6.42 Å². The summed E-state index contributed by atoms with van der Waals surface area (Å²) in [6, 6.07) is 7.26. The molecule has 0 aromatic heterocycles. The number of rotatable bonds is 5. The highest BCUT2D eigenvalue weighted by Gasteiger charge is 2.26. The van der Waals surface area contributed by atoms with Gasteiger partial charge in [0.25, 0.3) is 0 Å². The van der Waals surface area contributed by atoms with E-state index in [1.807, 2.05) is 0 Å². The summed E-state index contributed by atoms with van der Waals surface area (Å²) in [5.41, 5.74) is 8.34. The molecule has 1 saturated carbocycles. The lowest BCUT2D eigenvalue weighted by Gasteiger charge is -2.20. The van der Waals surface area contributed by atoms with Crippen LogP contribution in [0.1, 0.15) is 31.7 Å². The predicted octanol–water partition coefficient (Wildman–Crippen LogP) is 3.22. The molecule has 1 fully saturated rings. The summed E-state index contributed by atoms with van der Waals surface area (Å²) < 4.78 is 0. The Morgan fingerprint density at radius 3 is 2.71 bits per heavy atom. The monoisotopic (exact) mass is 252 g/mol. The van der Waals surface area contributed by atoms with Crippen LogP contribution in [0, 0.1) is 0 Å². The third kappa shape index (κ3) is 3.14. The van der Waals surface area contributed by atoms with Gasteiger partial charge in [-0.1, -0.05) is 24.6 Å². The Labute approximate surface area is 109 Å². The fourth-order valence-corrected chi connectivity index (χ4v) is 2.27. The zero-order chi connectivity index (χ0) is 12.4. The number of anilines is 1. The van der Waals surface area contributed by atoms with Crippen molar-refractivity contribution in [3.63, 3.8) is 0 Å². The van der Waals surface area contributed by atoms with Crippen molar-refractivity contribution in [3.8, 4) is 0 Å². The number of hydrogen-bond acceptors (Lipinski definition) is 2. The molecular weight excluding hydrogens is 232 g/mol. The lowest BCUT2D eigenvalue weighted by atomic mass is 10.0. The topological polar surface area (TPSA) is 29.3 Å². The van der Waals surface area contributed by atoms with E-state index < -0.39 is 0 Å². The van der Waals surface area contributed by atoms with Crippen molar-refractivity contribution in [3.05, 3.63) is 28.8 Å². The second-order valence-corrected chi connectivity index (χ2v) is 5.40. The van der Waals surface area contributed by atoms with E-state index in [-0.39, 0.29) is 6.04 Å². The fourth-order valence-electron chi connectivity index (χ4n) is 2.02. The van der Waals surface area contributed by atoms with E-state index in [2.05, 4.69) is 37.1 Å². The Balaban J connectivity index is 2.10. The molecule has 0 saturated heterocycles. The molecule has 3 heteroatoms. The third-order valence-corrected chi connectivity index (χ3v) is 3.90. The van der Waals surface area contributed by atoms with Gasteiger partial charge in [0, 0.05) is 29.8 Å². The first-order chi connectivity index (χ1) is 8.11. The van der Waals surface area contributed by atoms with Gasteiger partial charge in [-0.3, -0.25) is 0 Å². The van der Waals surface area contributed by atoms with Crippen LogP contribution in [0.3, 0.4) is 0 Å². The second-order valence-electron chi connectivity index (χ2n) is 4.99. The van der Waals surface area contributed by atoms with Gasteiger partial charge in [-0.25, -0.2) is 0 Å². The summed E-state index contributed by atoms with van der Waals surface area (Å²) >= 11 is 6.32. The standard InChI is InChI=1S/C14H21ClN2/c1-3-11(16)8-10-4-5-13(9-14(10)15)17(2)12-6-7-12/h4-5,9,11-12H,3,6-8,16H2,1-2H3. The molecule has 2 rings (SSSR count). The Bertz CT molecular complexity index is 388. The Morgan fingerprint density at radius 2 is 2.18 bits per heavy atom. The van der Waals surface area contributed by atoms with Crippen LogP contribution in [0.15, 0.2) is 18.2 Å². The van der Waals surface area contributed by atoms with E-state index >= 15 is 0 Å². The molecule has 1 unspecified atom stereocenters. The van der Waals surface area contributed by atoms with Crippen molar-refractivity contribution in [2.75, 3.05) is 11.9 Å². The summed E-state index contributed by atoms with van der Waals surface area (Å²) in [5.74, 6) is 0. The summed E-state index contributed by atoms with van der Waals surface area (Å²) in [4.78, 5) is 2.31. The van der Waals surface area contributed by atoms with E-state index in [1.54, 1.807) is 0 Å². The van der Waals surface area contributed by atoms with Crippen LogP contribution in [0.5, 0.6) is 0 Å². The predicted molar refractivity (Wildman–Crippen MR) is 74.8 cm³/mol. The summed E-state index contributed by atoms with van der Waals surface area (Å²) in [7, 11) is 2.14. The van der Waals surface area contributed by atoms with E-state index in [4.69, 9.17) is 17.3 Å². The minimum Gasteiger partial charge on any atom is -0.372 e. The summed E-state index contributed by atoms with van der Waals surface area (Å²) in [6.07, 6.45) is 4.45. The number of hydrogen-bond donors (Lipinski definition) is 1. The highest BCUT2D eigenvalue weighted by Crippen LogP contribution is 2.32. The SMILES string of the molecule is CCC(N)Cc1ccc(N(C)C2CC2)cc1Cl. The largest absolute Gasteiger partial charge is 0.372 e. The maximum Gasteiger partial charge on any atom is 0.0459 e. The van der Waals surface area contributed by atoms with E-state index in [0.717, 1.165) is 29.5 Å². The highest BCUT2D eigenvalue weighted by atomic mass is 35.5. The van der Waals surface area contributed by atoms with Gasteiger partial charge in [0.15, 0.2) is 0 Å². The quantitative estimate of drug-likeness (QED) is 0.872. The molecule has 0 bridgehead atoms. The van der Waals surface area contributed by atoms with Crippen LogP contribution in [0.2, 0.25) is 5.02 Å². The third-order valence-electron chi connectivity index (χ3n) is 3.54. The second kappa shape index (κ2) is 5.28. The number of benzene rings is 1. The summed E-state index contributed by atoms with van der Waals surface area (Å²) in [5, 5.41) is 0.846. The van der Waals surface area contributed by atoms with Gasteiger partial charge in [0.2, 0.25) is 0 Å². The Hall–Kier alpha value is -0.730. The smallest absolute Gasteiger partial charge is 0.0459 e. The lowest BCUT2D eigenvalue weighted by Crippen LogP contribution is -2.22. The average molecular weight is 253 g/mol. The molecule has 1 aromatic carbocycles. The molecule has 0 amide bonds. The maximum atomic E-state index is 6.32. The molecule has 0 aliphatic heterocycles. The van der Waals surface area contributed by atoms with Gasteiger partial charge >= 0.3 is 0 Å². The zero-order valence-corrected chi connectivity index (χ0v) is 11.4. The molecule has 2 nitrogen and oxygen atoms in total. The van der Waals surface area contributed by atoms with Crippen LogP contribution < -0.4 is 10.6 Å². The number of nitrogens with zero attached hydrogens (tertiary/aromatic N) is 1. The first-order valence-electron chi connectivity index (χ1n) is 6.38. The minimum atomic E-state index is 0.208. The average Bonchev–Trinajstić information content (AvgIpc) is 3.14. The molecule has 0 spiro atoms. The van der Waals surface area contributed by atoms with E-state index in [0.29, 0.717) is 0 Å². The molecule has 1 aromatic rings. The van der Waals surface area contributed by atoms with Crippen molar-refractivity contribution in [1.82, 2.24) is 0 Å². The van der Waals surface area contributed by atoms with E-state index in [1.165, 1.54) is 18.5 Å². The van der Waals surface area contributed by atoms with Gasteiger partial charge in [-0.2, -0.15) is 0 Å². The van der Waals surface area contributed by atoms with Crippen molar-refractivity contribution >= 4 is 17.3 Å². The van der Waals surface area contributed by atoms with Crippen molar-refractivity contribution < 1.29 is 0 Å². The minimum absolute atomic E-state index is 0.208. The summed E-state index contributed by atoms with van der Waals surface area (Å²) in [6.45, 7) is 2.10. The van der Waals surface area contributed by atoms with E-state index in [9.17, 15) is 0 Å². The normalized spacial score (nSPS) is 16.9. The zero-order valence-electron chi connectivity index (χ0n) is 10.6. The van der Waals surface area contributed by atoms with Crippen LogP contribution >= 0.6 is 11.6 Å². The van der Waals surface area contributed by atoms with Gasteiger partial charge in [0.05, 0.1) is 0 Å². The maximum absolute atomic E-state index is 6.32. The van der Waals surface area contributed by atoms with Gasteiger partial charge in [-0.15, -0.1) is 0 Å². The van der Waals surface area contributed by atoms with Gasteiger partial charge in [0.1, 0.15) is 0 Å². The van der Waals surface area contributed by atoms with Crippen molar-refractivity contribution in [2.24, 2.45) is 5.73 Å². The van der Waals surface area contributed by atoms with Crippen LogP contribution in [-0.4, -0.2) is 19.1 Å². The molecule has 2 N–H and O–H groups in total. The molecule has 0 radical (unpaired) electrons. The molecule has 0 heterocycles. The van der Waals surface area contributed by atoms with Gasteiger partial charge in [-0.05, 0) is 43.4 Å². The molecule has 1 atom stereocenters. The van der Waals surface area contributed by atoms with Gasteiger partial charge < -0.3 is 10.6 Å². The molecule has 17 heavy (non-hydrogen) atoms. The Kier molecular flexibility index (Phi) is 3.95. The molecule has 1 aliphatic carbocycles. The van der Waals surface area contributed by atoms with Crippen LogP contribution in [0.4, 0.5) is 5.69 Å².